The second-order valence-corrected chi connectivity index (χ2v) is 14.0. The van der Waals surface area contributed by atoms with Crippen LogP contribution in [-0.4, -0.2) is 27.7 Å². The minimum atomic E-state index is -0.257. The summed E-state index contributed by atoms with van der Waals surface area (Å²) in [6.07, 6.45) is 9.09. The van der Waals surface area contributed by atoms with Gasteiger partial charge >= 0.3 is 6.03 Å². The van der Waals surface area contributed by atoms with Crippen LogP contribution < -0.4 is 5.32 Å². The van der Waals surface area contributed by atoms with Crippen molar-refractivity contribution in [2.24, 2.45) is 5.41 Å². The molecule has 1 aliphatic heterocycles. The lowest BCUT2D eigenvalue weighted by atomic mass is 9.72. The van der Waals surface area contributed by atoms with E-state index in [0.717, 1.165) is 47.4 Å². The van der Waals surface area contributed by atoms with Gasteiger partial charge in [0, 0.05) is 28.3 Å². The van der Waals surface area contributed by atoms with Gasteiger partial charge in [-0.25, -0.2) is 4.79 Å². The normalized spacial score (nSPS) is 20.4. The van der Waals surface area contributed by atoms with E-state index < -0.39 is 0 Å². The fourth-order valence-electron chi connectivity index (χ4n) is 5.93. The summed E-state index contributed by atoms with van der Waals surface area (Å²) in [4.78, 5) is 14.3. The molecule has 4 aromatic rings. The number of thiophene rings is 1. The summed E-state index contributed by atoms with van der Waals surface area (Å²) >= 11 is 3.92. The van der Waals surface area contributed by atoms with Crippen LogP contribution in [0, 0.1) is 5.41 Å². The number of anilines is 1. The van der Waals surface area contributed by atoms with Gasteiger partial charge in [0.05, 0.1) is 9.09 Å². The first-order valence-electron chi connectivity index (χ1n) is 13.5. The Morgan fingerprint density at radius 1 is 1.11 bits per heavy atom. The van der Waals surface area contributed by atoms with Crippen molar-refractivity contribution in [1.82, 2.24) is 9.78 Å². The second kappa shape index (κ2) is 9.31. The largest absolute Gasteiger partial charge is 0.486 e. The number of hydrogen-bond donors (Lipinski definition) is 1. The van der Waals surface area contributed by atoms with Gasteiger partial charge in [0.2, 0.25) is 0 Å². The van der Waals surface area contributed by atoms with Gasteiger partial charge in [-0.2, -0.15) is 9.78 Å². The van der Waals surface area contributed by atoms with Gasteiger partial charge in [-0.15, -0.1) is 23.1 Å². The SMILES string of the molecule is CC1(C)C/C(=C2/CO2)c2c(SC3CCCC3)sc(-c3ccn(C(=O)Nc4ccc5ccccc5c4)n3)c2C1. The van der Waals surface area contributed by atoms with Crippen molar-refractivity contribution >= 4 is 51.2 Å². The lowest BCUT2D eigenvalue weighted by molar-refractivity contribution is 0.251. The third kappa shape index (κ3) is 4.56. The minimum Gasteiger partial charge on any atom is -0.486 e. The molecular formula is C31H31N3O2S2. The van der Waals surface area contributed by atoms with Crippen molar-refractivity contribution in [3.05, 3.63) is 71.6 Å². The van der Waals surface area contributed by atoms with Crippen LogP contribution in [0.5, 0.6) is 0 Å². The molecule has 1 saturated heterocycles. The maximum Gasteiger partial charge on any atom is 0.346 e. The molecule has 2 aromatic carbocycles. The number of rotatable bonds is 4. The molecule has 0 atom stereocenters. The molecule has 7 rings (SSSR count). The molecule has 5 nitrogen and oxygen atoms in total. The summed E-state index contributed by atoms with van der Waals surface area (Å²) in [5.41, 5.74) is 5.97. The number of hydrogen-bond acceptors (Lipinski definition) is 5. The Balaban J connectivity index is 1.22. The first-order chi connectivity index (χ1) is 18.4. The van der Waals surface area contributed by atoms with E-state index >= 15 is 0 Å². The molecule has 1 N–H and O–H groups in total. The van der Waals surface area contributed by atoms with Gasteiger partial charge in [-0.1, -0.05) is 57.0 Å². The fourth-order valence-corrected chi connectivity index (χ4v) is 9.06. The summed E-state index contributed by atoms with van der Waals surface area (Å²) in [7, 11) is 0. The number of aromatic nitrogens is 2. The predicted octanol–water partition coefficient (Wildman–Crippen LogP) is 8.59. The standard InChI is InChI=1S/C31H31N3O2S2/c1-31(2)16-23(26-18-36-26)27-24(17-31)28(38-29(27)37-22-9-5-6-10-22)25-13-14-34(33-25)30(35)32-21-12-11-19-7-3-4-8-20(19)15-21/h3-4,7-8,11-15,22H,5-6,9-10,16-18H2,1-2H3,(H,32,35)/b26-23+. The average Bonchev–Trinajstić information content (AvgIpc) is 3.25. The number of carbonyl (C=O) groups excluding carboxylic acids is 1. The zero-order chi connectivity index (χ0) is 25.9. The van der Waals surface area contributed by atoms with Crippen molar-refractivity contribution in [2.45, 2.75) is 61.8 Å². The molecular weight excluding hydrogens is 510 g/mol. The van der Waals surface area contributed by atoms with Gasteiger partial charge in [-0.05, 0) is 65.6 Å². The Morgan fingerprint density at radius 3 is 2.68 bits per heavy atom. The van der Waals surface area contributed by atoms with Crippen molar-refractivity contribution in [2.75, 3.05) is 11.9 Å². The van der Waals surface area contributed by atoms with Crippen molar-refractivity contribution in [3.63, 3.8) is 0 Å². The smallest absolute Gasteiger partial charge is 0.346 e. The number of ether oxygens (including phenoxy) is 1. The van der Waals surface area contributed by atoms with Crippen LogP contribution in [-0.2, 0) is 11.2 Å². The highest BCUT2D eigenvalue weighted by molar-refractivity contribution is 8.01. The highest BCUT2D eigenvalue weighted by Gasteiger charge is 2.39. The number of nitrogens with zero attached hydrogens (tertiary/aromatic N) is 2. The topological polar surface area (TPSA) is 59.5 Å². The van der Waals surface area contributed by atoms with Gasteiger partial charge in [0.1, 0.15) is 18.1 Å². The lowest BCUT2D eigenvalue weighted by Gasteiger charge is -2.32. The Kier molecular flexibility index (Phi) is 5.89. The molecule has 0 radical (unpaired) electrons. The van der Waals surface area contributed by atoms with E-state index in [9.17, 15) is 4.79 Å². The van der Waals surface area contributed by atoms with Crippen molar-refractivity contribution < 1.29 is 9.53 Å². The Hall–Kier alpha value is -3.03. The number of allylic oxidation sites excluding steroid dienone is 1. The zero-order valence-electron chi connectivity index (χ0n) is 21.8. The Bertz CT molecular complexity index is 1580. The number of carbonyl (C=O) groups is 1. The third-order valence-corrected chi connectivity index (χ3v) is 10.6. The average molecular weight is 542 g/mol. The molecule has 0 unspecified atom stereocenters. The summed E-state index contributed by atoms with van der Waals surface area (Å²) in [5, 5.41) is 10.7. The molecule has 194 valence electrons. The van der Waals surface area contributed by atoms with E-state index in [1.54, 1.807) is 6.20 Å². The molecule has 1 amide bonds. The maximum atomic E-state index is 13.1. The Labute approximate surface area is 231 Å². The highest BCUT2D eigenvalue weighted by Crippen LogP contribution is 2.55. The number of nitrogens with one attached hydrogen (secondary N) is 1. The molecule has 7 heteroatoms. The van der Waals surface area contributed by atoms with Gasteiger partial charge in [-0.3, -0.25) is 0 Å². The van der Waals surface area contributed by atoms with Crippen molar-refractivity contribution in [1.29, 1.82) is 0 Å². The molecule has 2 aromatic heterocycles. The summed E-state index contributed by atoms with van der Waals surface area (Å²) < 4.78 is 8.60. The van der Waals surface area contributed by atoms with Gasteiger partial charge in [0.25, 0.3) is 0 Å². The summed E-state index contributed by atoms with van der Waals surface area (Å²) in [5.74, 6) is 1.16. The minimum absolute atomic E-state index is 0.155. The number of fused-ring (bicyclic) bond motifs is 2. The first kappa shape index (κ1) is 24.0. The maximum absolute atomic E-state index is 13.1. The highest BCUT2D eigenvalue weighted by atomic mass is 32.2. The van der Waals surface area contributed by atoms with Gasteiger partial charge < -0.3 is 10.1 Å². The number of benzene rings is 2. The molecule has 3 aliphatic rings. The summed E-state index contributed by atoms with van der Waals surface area (Å²) in [6, 6.07) is 15.8. The third-order valence-electron chi connectivity index (χ3n) is 7.82. The fraction of sp³-hybridized carbons (Fsp3) is 0.355. The van der Waals surface area contributed by atoms with Crippen LogP contribution >= 0.6 is 23.1 Å². The number of thioether (sulfide) groups is 1. The molecule has 38 heavy (non-hydrogen) atoms. The van der Waals surface area contributed by atoms with Crippen LogP contribution in [0.4, 0.5) is 10.5 Å². The molecule has 2 aliphatic carbocycles. The van der Waals surface area contributed by atoms with Crippen LogP contribution in [0.25, 0.3) is 26.9 Å². The number of amides is 1. The Morgan fingerprint density at radius 2 is 1.89 bits per heavy atom. The van der Waals surface area contributed by atoms with Crippen LogP contribution in [0.1, 0.15) is 57.1 Å². The molecule has 2 fully saturated rings. The van der Waals surface area contributed by atoms with E-state index in [4.69, 9.17) is 9.84 Å². The van der Waals surface area contributed by atoms with E-state index in [2.05, 4.69) is 43.1 Å². The van der Waals surface area contributed by atoms with E-state index in [1.807, 2.05) is 47.7 Å². The number of epoxide rings is 1. The molecule has 0 bridgehead atoms. The molecule has 1 saturated carbocycles. The van der Waals surface area contributed by atoms with E-state index in [1.165, 1.54) is 56.2 Å². The molecule has 0 spiro atoms. The summed E-state index contributed by atoms with van der Waals surface area (Å²) in [6.45, 7) is 5.45. The van der Waals surface area contributed by atoms with Gasteiger partial charge in [0.15, 0.2) is 0 Å². The zero-order valence-corrected chi connectivity index (χ0v) is 23.4. The quantitative estimate of drug-likeness (QED) is 0.263. The van der Waals surface area contributed by atoms with Crippen LogP contribution in [0.15, 0.2) is 64.7 Å². The van der Waals surface area contributed by atoms with Crippen molar-refractivity contribution in [3.8, 4) is 10.6 Å². The second-order valence-electron chi connectivity index (χ2n) is 11.4. The lowest BCUT2D eigenvalue weighted by Crippen LogP contribution is -2.22. The van der Waals surface area contributed by atoms with Crippen LogP contribution in [0.2, 0.25) is 0 Å². The molecule has 3 heterocycles. The monoisotopic (exact) mass is 541 g/mol. The van der Waals surface area contributed by atoms with E-state index in [0.29, 0.717) is 5.25 Å². The predicted molar refractivity (Wildman–Crippen MR) is 157 cm³/mol. The van der Waals surface area contributed by atoms with Crippen LogP contribution in [0.3, 0.4) is 0 Å². The van der Waals surface area contributed by atoms with E-state index in [-0.39, 0.29) is 11.4 Å². The first-order valence-corrected chi connectivity index (χ1v) is 15.2.